The van der Waals surface area contributed by atoms with Gasteiger partial charge in [0.2, 0.25) is 0 Å². The van der Waals surface area contributed by atoms with Gasteiger partial charge in [-0.15, -0.1) is 0 Å². The van der Waals surface area contributed by atoms with E-state index in [4.69, 9.17) is 0 Å². The zero-order chi connectivity index (χ0) is 16.5. The van der Waals surface area contributed by atoms with Crippen molar-refractivity contribution in [2.75, 3.05) is 4.90 Å². The van der Waals surface area contributed by atoms with E-state index in [2.05, 4.69) is 42.7 Å². The molecule has 0 radical (unpaired) electrons. The summed E-state index contributed by atoms with van der Waals surface area (Å²) < 4.78 is 37.9. The maximum Gasteiger partial charge on any atom is 0.432 e. The van der Waals surface area contributed by atoms with E-state index in [-0.39, 0.29) is 17.8 Å². The Labute approximate surface area is 127 Å². The smallest absolute Gasteiger partial charge is 0.367 e. The molecule has 2 heterocycles. The summed E-state index contributed by atoms with van der Waals surface area (Å²) in [5, 5.41) is 5.73. The van der Waals surface area contributed by atoms with Crippen LogP contribution in [0.1, 0.15) is 33.4 Å². The number of pyridine rings is 1. The molecule has 0 bridgehead atoms. The minimum atomic E-state index is -4.44. The Balaban J connectivity index is 2.38. The molecule has 0 spiro atoms. The van der Waals surface area contributed by atoms with Crippen LogP contribution in [-0.4, -0.2) is 27.3 Å². The lowest BCUT2D eigenvalue weighted by Crippen LogP contribution is -2.36. The van der Waals surface area contributed by atoms with Crippen LogP contribution in [0.15, 0.2) is 24.4 Å². The fourth-order valence-electron chi connectivity index (χ4n) is 2.51. The molecule has 0 amide bonds. The summed E-state index contributed by atoms with van der Waals surface area (Å²) in [6.07, 6.45) is -2.85. The van der Waals surface area contributed by atoms with Crippen molar-refractivity contribution in [2.45, 2.75) is 46.0 Å². The first-order valence-corrected chi connectivity index (χ1v) is 7.07. The molecular formula is C15H19F3N4. The molecule has 0 aromatic carbocycles. The van der Waals surface area contributed by atoms with Crippen molar-refractivity contribution in [1.29, 1.82) is 0 Å². The number of anilines is 1. The Kier molecular flexibility index (Phi) is 4.44. The number of nitrogens with zero attached hydrogens (tertiary/aromatic N) is 3. The van der Waals surface area contributed by atoms with E-state index in [0.717, 1.165) is 11.8 Å². The van der Waals surface area contributed by atoms with Crippen LogP contribution in [0.4, 0.5) is 18.9 Å². The van der Waals surface area contributed by atoms with Crippen LogP contribution in [0.25, 0.3) is 11.4 Å². The van der Waals surface area contributed by atoms with E-state index < -0.39 is 11.9 Å². The van der Waals surface area contributed by atoms with Gasteiger partial charge in [-0.05, 0) is 45.9 Å². The van der Waals surface area contributed by atoms with Crippen LogP contribution in [-0.2, 0) is 6.18 Å². The number of aromatic nitrogens is 3. The molecule has 0 fully saturated rings. The van der Waals surface area contributed by atoms with Gasteiger partial charge < -0.3 is 4.90 Å². The molecule has 0 saturated heterocycles. The molecule has 2 aromatic heterocycles. The molecule has 0 aliphatic carbocycles. The van der Waals surface area contributed by atoms with E-state index in [9.17, 15) is 13.2 Å². The van der Waals surface area contributed by atoms with Crippen molar-refractivity contribution in [3.05, 3.63) is 30.1 Å². The Morgan fingerprint density at radius 3 is 2.18 bits per heavy atom. The number of nitrogens with one attached hydrogen (secondary N) is 1. The zero-order valence-electron chi connectivity index (χ0n) is 12.9. The van der Waals surface area contributed by atoms with Crippen molar-refractivity contribution >= 4 is 5.69 Å². The second kappa shape index (κ2) is 5.98. The number of hydrogen-bond acceptors (Lipinski definition) is 3. The van der Waals surface area contributed by atoms with Crippen LogP contribution in [0.3, 0.4) is 0 Å². The van der Waals surface area contributed by atoms with Gasteiger partial charge in [-0.2, -0.15) is 18.3 Å². The highest BCUT2D eigenvalue weighted by atomic mass is 19.4. The quantitative estimate of drug-likeness (QED) is 0.924. The first-order chi connectivity index (χ1) is 10.2. The Morgan fingerprint density at radius 2 is 1.68 bits per heavy atom. The summed E-state index contributed by atoms with van der Waals surface area (Å²) in [5.41, 5.74) is 0.628. The summed E-state index contributed by atoms with van der Waals surface area (Å²) in [6, 6.07) is 5.11. The maximum absolute atomic E-state index is 12.6. The second-order valence-corrected chi connectivity index (χ2v) is 5.66. The number of alkyl halides is 3. The lowest BCUT2D eigenvalue weighted by Gasteiger charge is -2.33. The fraction of sp³-hybridized carbons (Fsp3) is 0.467. The van der Waals surface area contributed by atoms with Gasteiger partial charge in [0.25, 0.3) is 0 Å². The molecule has 0 unspecified atom stereocenters. The third-order valence-electron chi connectivity index (χ3n) is 3.30. The van der Waals surface area contributed by atoms with E-state index in [1.54, 1.807) is 12.3 Å². The lowest BCUT2D eigenvalue weighted by molar-refractivity contribution is -0.141. The molecular weight excluding hydrogens is 293 g/mol. The third-order valence-corrected chi connectivity index (χ3v) is 3.30. The molecule has 22 heavy (non-hydrogen) atoms. The molecule has 2 rings (SSSR count). The van der Waals surface area contributed by atoms with Crippen LogP contribution in [0.2, 0.25) is 0 Å². The van der Waals surface area contributed by atoms with Gasteiger partial charge in [-0.1, -0.05) is 0 Å². The minimum absolute atomic E-state index is 0.182. The van der Waals surface area contributed by atoms with Crippen molar-refractivity contribution in [3.8, 4) is 11.4 Å². The fourth-order valence-corrected chi connectivity index (χ4v) is 2.51. The van der Waals surface area contributed by atoms with E-state index in [0.29, 0.717) is 5.69 Å². The SMILES string of the molecule is CC(C)N(c1ccnc(-c2cc(C(F)(F)F)[nH]n2)c1)C(C)C. The predicted molar refractivity (Wildman–Crippen MR) is 79.6 cm³/mol. The highest BCUT2D eigenvalue weighted by Gasteiger charge is 2.33. The average Bonchev–Trinajstić information content (AvgIpc) is 2.87. The second-order valence-electron chi connectivity index (χ2n) is 5.66. The Hall–Kier alpha value is -2.05. The molecule has 0 aliphatic heterocycles. The van der Waals surface area contributed by atoms with Gasteiger partial charge in [-0.25, -0.2) is 0 Å². The predicted octanol–water partition coefficient (Wildman–Crippen LogP) is 4.11. The monoisotopic (exact) mass is 312 g/mol. The number of aromatic amines is 1. The summed E-state index contributed by atoms with van der Waals surface area (Å²) in [6.45, 7) is 8.26. The van der Waals surface area contributed by atoms with E-state index in [1.807, 2.05) is 11.2 Å². The number of hydrogen-bond donors (Lipinski definition) is 1. The molecule has 7 heteroatoms. The van der Waals surface area contributed by atoms with Crippen molar-refractivity contribution < 1.29 is 13.2 Å². The summed E-state index contributed by atoms with van der Waals surface area (Å²) >= 11 is 0. The largest absolute Gasteiger partial charge is 0.432 e. The van der Waals surface area contributed by atoms with Gasteiger partial charge in [0, 0.05) is 24.0 Å². The first-order valence-electron chi connectivity index (χ1n) is 7.07. The number of H-pyrrole nitrogens is 1. The number of rotatable bonds is 4. The van der Waals surface area contributed by atoms with Crippen molar-refractivity contribution in [1.82, 2.24) is 15.2 Å². The van der Waals surface area contributed by atoms with Crippen LogP contribution in [0.5, 0.6) is 0 Å². The normalized spacial score (nSPS) is 12.2. The highest BCUT2D eigenvalue weighted by molar-refractivity contribution is 5.62. The van der Waals surface area contributed by atoms with Crippen molar-refractivity contribution in [3.63, 3.8) is 0 Å². The van der Waals surface area contributed by atoms with Crippen LogP contribution >= 0.6 is 0 Å². The third kappa shape index (κ3) is 3.40. The molecule has 4 nitrogen and oxygen atoms in total. The average molecular weight is 312 g/mol. The Bertz CT molecular complexity index is 624. The highest BCUT2D eigenvalue weighted by Crippen LogP contribution is 2.31. The summed E-state index contributed by atoms with van der Waals surface area (Å²) in [5.74, 6) is 0. The van der Waals surface area contributed by atoms with Crippen LogP contribution in [0, 0.1) is 0 Å². The molecule has 0 saturated carbocycles. The van der Waals surface area contributed by atoms with Gasteiger partial charge >= 0.3 is 6.18 Å². The van der Waals surface area contributed by atoms with Gasteiger partial charge in [0.1, 0.15) is 11.4 Å². The number of halogens is 3. The Morgan fingerprint density at radius 1 is 1.05 bits per heavy atom. The topological polar surface area (TPSA) is 44.8 Å². The van der Waals surface area contributed by atoms with Gasteiger partial charge in [0.05, 0.1) is 5.69 Å². The lowest BCUT2D eigenvalue weighted by atomic mass is 10.1. The molecule has 120 valence electrons. The molecule has 1 N–H and O–H groups in total. The van der Waals surface area contributed by atoms with Gasteiger partial charge in [0.15, 0.2) is 0 Å². The van der Waals surface area contributed by atoms with Gasteiger partial charge in [-0.3, -0.25) is 10.1 Å². The summed E-state index contributed by atoms with van der Waals surface area (Å²) in [7, 11) is 0. The van der Waals surface area contributed by atoms with E-state index >= 15 is 0 Å². The minimum Gasteiger partial charge on any atom is -0.367 e. The zero-order valence-corrected chi connectivity index (χ0v) is 12.9. The molecule has 0 aliphatic rings. The maximum atomic E-state index is 12.6. The van der Waals surface area contributed by atoms with Crippen LogP contribution < -0.4 is 4.90 Å². The van der Waals surface area contributed by atoms with E-state index in [1.165, 1.54) is 0 Å². The standard InChI is InChI=1S/C15H19F3N4/c1-9(2)22(10(3)4)11-5-6-19-12(7-11)13-8-14(21-20-13)15(16,17)18/h5-10H,1-4H3,(H,20,21). The molecule has 2 aromatic rings. The molecule has 0 atom stereocenters. The summed E-state index contributed by atoms with van der Waals surface area (Å²) in [4.78, 5) is 6.30. The first kappa shape index (κ1) is 16.3. The van der Waals surface area contributed by atoms with Crippen molar-refractivity contribution in [2.24, 2.45) is 0 Å².